The summed E-state index contributed by atoms with van der Waals surface area (Å²) in [5, 5.41) is 8.81. The van der Waals surface area contributed by atoms with Crippen molar-refractivity contribution in [2.45, 2.75) is 39.5 Å². The maximum atomic E-state index is 6.24. The van der Waals surface area contributed by atoms with Gasteiger partial charge in [0.2, 0.25) is 11.7 Å². The molecule has 3 aromatic rings. The van der Waals surface area contributed by atoms with Crippen LogP contribution in [0.1, 0.15) is 54.6 Å². The Bertz CT molecular complexity index is 1070. The van der Waals surface area contributed by atoms with Crippen LogP contribution in [0.5, 0.6) is 0 Å². The zero-order chi connectivity index (χ0) is 22.2. The second kappa shape index (κ2) is 11.2. The van der Waals surface area contributed by atoms with Gasteiger partial charge in [0.1, 0.15) is 0 Å². The summed E-state index contributed by atoms with van der Waals surface area (Å²) in [6.07, 6.45) is 5.79. The zero-order valence-corrected chi connectivity index (χ0v) is 19.4. The molecule has 0 atom stereocenters. The first kappa shape index (κ1) is 23.1. The Kier molecular flexibility index (Phi) is 8.33. The summed E-state index contributed by atoms with van der Waals surface area (Å²) in [4.78, 5) is 4.45. The molecule has 0 saturated carbocycles. The minimum Gasteiger partial charge on any atom is -0.382 e. The van der Waals surface area contributed by atoms with Gasteiger partial charge in [0.15, 0.2) is 0 Å². The van der Waals surface area contributed by atoms with Crippen LogP contribution in [0.3, 0.4) is 0 Å². The Morgan fingerprint density at radius 2 is 1.97 bits per heavy atom. The molecule has 0 spiro atoms. The van der Waals surface area contributed by atoms with E-state index in [9.17, 15) is 0 Å². The topological polar surface area (TPSA) is 51.0 Å². The predicted molar refractivity (Wildman–Crippen MR) is 129 cm³/mol. The van der Waals surface area contributed by atoms with Crippen LogP contribution in [0.15, 0.2) is 59.6 Å². The fourth-order valence-corrected chi connectivity index (χ4v) is 3.69. The summed E-state index contributed by atoms with van der Waals surface area (Å²) in [6, 6.07) is 13.6. The summed E-state index contributed by atoms with van der Waals surface area (Å²) in [5.41, 5.74) is 5.34. The third-order valence-electron chi connectivity index (χ3n) is 4.94. The van der Waals surface area contributed by atoms with E-state index in [1.165, 1.54) is 16.7 Å². The van der Waals surface area contributed by atoms with Crippen LogP contribution in [0, 0.1) is 6.92 Å². The molecule has 0 saturated heterocycles. The first-order valence-corrected chi connectivity index (χ1v) is 11.2. The lowest BCUT2D eigenvalue weighted by atomic mass is 9.96. The highest BCUT2D eigenvalue weighted by atomic mass is 35.5. The summed E-state index contributed by atoms with van der Waals surface area (Å²) in [6.45, 7) is 9.06. The highest BCUT2D eigenvalue weighted by Gasteiger charge is 2.11. The molecule has 1 N–H and O–H groups in total. The van der Waals surface area contributed by atoms with E-state index in [4.69, 9.17) is 27.7 Å². The van der Waals surface area contributed by atoms with Crippen molar-refractivity contribution in [3.8, 4) is 0 Å². The standard InChI is InChI=1S/C25H27Cl2N3O/c1-4-5-8-20(23-16-22(27)11-10-17(23)2)12-13-28-18(3)25-29-24(31-30-25)15-19-7-6-9-21(26)14-19/h6-11,14,16,28H,3-5,12-13,15H2,1-2H3/b20-8-. The third-order valence-corrected chi connectivity index (χ3v) is 5.41. The largest absolute Gasteiger partial charge is 0.382 e. The van der Waals surface area contributed by atoms with Crippen molar-refractivity contribution in [2.24, 2.45) is 0 Å². The fraction of sp³-hybridized carbons (Fsp3) is 0.280. The number of nitrogens with zero attached hydrogens (tertiary/aromatic N) is 2. The molecule has 0 amide bonds. The number of hydrogen-bond donors (Lipinski definition) is 1. The minimum absolute atomic E-state index is 0.468. The van der Waals surface area contributed by atoms with Gasteiger partial charge in [0.25, 0.3) is 0 Å². The Balaban J connectivity index is 1.60. The van der Waals surface area contributed by atoms with E-state index in [1.54, 1.807) is 0 Å². The number of benzene rings is 2. The molecule has 0 radical (unpaired) electrons. The Hall–Kier alpha value is -2.56. The minimum atomic E-state index is 0.468. The Morgan fingerprint density at radius 1 is 1.16 bits per heavy atom. The average molecular weight is 456 g/mol. The number of aromatic nitrogens is 2. The van der Waals surface area contributed by atoms with Gasteiger partial charge in [-0.05, 0) is 66.3 Å². The lowest BCUT2D eigenvalue weighted by Crippen LogP contribution is -2.14. The molecule has 0 aliphatic carbocycles. The second-order valence-electron chi connectivity index (χ2n) is 7.45. The van der Waals surface area contributed by atoms with Gasteiger partial charge in [0.05, 0.1) is 12.1 Å². The van der Waals surface area contributed by atoms with E-state index in [0.717, 1.165) is 29.8 Å². The van der Waals surface area contributed by atoms with Crippen LogP contribution < -0.4 is 5.32 Å². The SMILES string of the molecule is C=C(NCC/C(=C/CCC)c1cc(Cl)ccc1C)c1noc(Cc2cccc(Cl)c2)n1. The smallest absolute Gasteiger partial charge is 0.231 e. The number of unbranched alkanes of at least 4 members (excludes halogenated alkanes) is 1. The van der Waals surface area contributed by atoms with Gasteiger partial charge in [0, 0.05) is 16.6 Å². The van der Waals surface area contributed by atoms with Crippen LogP contribution in [-0.4, -0.2) is 16.7 Å². The highest BCUT2D eigenvalue weighted by molar-refractivity contribution is 6.31. The summed E-state index contributed by atoms with van der Waals surface area (Å²) >= 11 is 12.3. The molecule has 0 fully saturated rings. The maximum absolute atomic E-state index is 6.24. The number of halogens is 2. The molecule has 4 nitrogen and oxygen atoms in total. The van der Waals surface area contributed by atoms with E-state index < -0.39 is 0 Å². The van der Waals surface area contributed by atoms with Crippen LogP contribution in [0.4, 0.5) is 0 Å². The van der Waals surface area contributed by atoms with Crippen molar-refractivity contribution >= 4 is 34.5 Å². The van der Waals surface area contributed by atoms with Crippen molar-refractivity contribution in [1.29, 1.82) is 0 Å². The number of hydrogen-bond acceptors (Lipinski definition) is 4. The molecule has 0 bridgehead atoms. The monoisotopic (exact) mass is 455 g/mol. The second-order valence-corrected chi connectivity index (χ2v) is 8.32. The number of nitrogens with one attached hydrogen (secondary N) is 1. The highest BCUT2D eigenvalue weighted by Crippen LogP contribution is 2.26. The molecule has 0 unspecified atom stereocenters. The Morgan fingerprint density at radius 3 is 2.74 bits per heavy atom. The molecule has 162 valence electrons. The lowest BCUT2D eigenvalue weighted by molar-refractivity contribution is 0.382. The fourth-order valence-electron chi connectivity index (χ4n) is 3.30. The van der Waals surface area contributed by atoms with Gasteiger partial charge in [-0.15, -0.1) is 0 Å². The lowest BCUT2D eigenvalue weighted by Gasteiger charge is -2.13. The molecule has 1 heterocycles. The average Bonchev–Trinajstić information content (AvgIpc) is 3.21. The van der Waals surface area contributed by atoms with E-state index in [0.29, 0.717) is 35.4 Å². The molecular formula is C25H27Cl2N3O. The zero-order valence-electron chi connectivity index (χ0n) is 17.9. The predicted octanol–water partition coefficient (Wildman–Crippen LogP) is 7.11. The molecule has 2 aromatic carbocycles. The first-order chi connectivity index (χ1) is 15.0. The quantitative estimate of drug-likeness (QED) is 0.353. The van der Waals surface area contributed by atoms with E-state index in [2.05, 4.69) is 48.0 Å². The molecule has 6 heteroatoms. The number of rotatable bonds is 10. The number of allylic oxidation sites excluding steroid dienone is 1. The van der Waals surface area contributed by atoms with Gasteiger partial charge in [-0.2, -0.15) is 4.98 Å². The summed E-state index contributed by atoms with van der Waals surface area (Å²) in [5.74, 6) is 0.994. The van der Waals surface area contributed by atoms with Crippen molar-refractivity contribution in [3.05, 3.63) is 93.6 Å². The van der Waals surface area contributed by atoms with Crippen molar-refractivity contribution in [3.63, 3.8) is 0 Å². The number of aryl methyl sites for hydroxylation is 1. The Labute approximate surface area is 194 Å². The first-order valence-electron chi connectivity index (χ1n) is 10.4. The maximum Gasteiger partial charge on any atom is 0.231 e. The van der Waals surface area contributed by atoms with Gasteiger partial charge in [-0.25, -0.2) is 0 Å². The van der Waals surface area contributed by atoms with Gasteiger partial charge in [-0.3, -0.25) is 0 Å². The summed E-state index contributed by atoms with van der Waals surface area (Å²) in [7, 11) is 0. The van der Waals surface area contributed by atoms with Crippen molar-refractivity contribution < 1.29 is 4.52 Å². The van der Waals surface area contributed by atoms with Crippen LogP contribution in [-0.2, 0) is 6.42 Å². The molecule has 0 aliphatic heterocycles. The normalized spacial score (nSPS) is 11.5. The molecule has 0 aliphatic rings. The van der Waals surface area contributed by atoms with Crippen molar-refractivity contribution in [2.75, 3.05) is 6.54 Å². The van der Waals surface area contributed by atoms with Crippen LogP contribution >= 0.6 is 23.2 Å². The van der Waals surface area contributed by atoms with E-state index >= 15 is 0 Å². The molecule has 31 heavy (non-hydrogen) atoms. The van der Waals surface area contributed by atoms with Gasteiger partial charge >= 0.3 is 0 Å². The molecule has 1 aromatic heterocycles. The molecular weight excluding hydrogens is 429 g/mol. The van der Waals surface area contributed by atoms with Crippen LogP contribution in [0.2, 0.25) is 10.0 Å². The van der Waals surface area contributed by atoms with Gasteiger partial charge < -0.3 is 9.84 Å². The van der Waals surface area contributed by atoms with Crippen molar-refractivity contribution in [1.82, 2.24) is 15.5 Å². The third kappa shape index (κ3) is 6.71. The van der Waals surface area contributed by atoms with Crippen LogP contribution in [0.25, 0.3) is 11.3 Å². The summed E-state index contributed by atoms with van der Waals surface area (Å²) < 4.78 is 5.38. The van der Waals surface area contributed by atoms with E-state index in [-0.39, 0.29) is 0 Å². The van der Waals surface area contributed by atoms with Gasteiger partial charge in [-0.1, -0.05) is 72.6 Å². The van der Waals surface area contributed by atoms with E-state index in [1.807, 2.05) is 36.4 Å². The molecule has 3 rings (SSSR count).